The number of halogens is 3. The predicted molar refractivity (Wildman–Crippen MR) is 113 cm³/mol. The zero-order chi connectivity index (χ0) is 20.2. The third kappa shape index (κ3) is 10.8. The van der Waals surface area contributed by atoms with Gasteiger partial charge in [-0.15, -0.1) is 15.8 Å². The van der Waals surface area contributed by atoms with Crippen LogP contribution in [0, 0.1) is 17.8 Å². The Labute approximate surface area is 162 Å². The number of allylic oxidation sites excluding steroid dienone is 3. The zero-order valence-electron chi connectivity index (χ0n) is 17.3. The van der Waals surface area contributed by atoms with Gasteiger partial charge in [0.1, 0.15) is 0 Å². The normalized spacial score (nSPS) is 16.8. The van der Waals surface area contributed by atoms with E-state index in [0.717, 1.165) is 38.3 Å². The van der Waals surface area contributed by atoms with Crippen LogP contribution >= 0.6 is 9.24 Å². The van der Waals surface area contributed by atoms with Crippen LogP contribution in [-0.4, -0.2) is 12.3 Å². The van der Waals surface area contributed by atoms with Gasteiger partial charge in [0.2, 0.25) is 0 Å². The molecule has 0 aromatic carbocycles. The number of hydrogen-bond acceptors (Lipinski definition) is 0. The molecule has 4 heteroatoms. The van der Waals surface area contributed by atoms with Crippen LogP contribution in [0.5, 0.6) is 0 Å². The zero-order valence-corrected chi connectivity index (χ0v) is 18.5. The highest BCUT2D eigenvalue weighted by atomic mass is 31.0. The van der Waals surface area contributed by atoms with E-state index in [-0.39, 0.29) is 6.42 Å². The van der Waals surface area contributed by atoms with Crippen molar-refractivity contribution in [3.8, 4) is 0 Å². The average molecular weight is 393 g/mol. The third-order valence-corrected chi connectivity index (χ3v) is 5.72. The van der Waals surface area contributed by atoms with Crippen molar-refractivity contribution < 1.29 is 13.2 Å². The molecule has 0 saturated heterocycles. The Morgan fingerprint density at radius 3 is 2.04 bits per heavy atom. The molecule has 0 amide bonds. The van der Waals surface area contributed by atoms with E-state index in [9.17, 15) is 13.2 Å². The standard InChI is InChI=1S/C22H40F3P/c1-6-10-21(18(4)7-2)20(13-8-11-17(3)15-16-26)14-9-12-19(5)22(23,24)25/h7,17-19H,2,6,8-16,26H2,1,3-5H3/b21-20+. The number of alkyl halides is 3. The highest BCUT2D eigenvalue weighted by Gasteiger charge is 2.35. The average Bonchev–Trinajstić information content (AvgIpc) is 2.57. The molecule has 0 aliphatic heterocycles. The van der Waals surface area contributed by atoms with Crippen molar-refractivity contribution in [2.75, 3.05) is 6.16 Å². The molecule has 0 bridgehead atoms. The summed E-state index contributed by atoms with van der Waals surface area (Å²) in [6.45, 7) is 11.8. The van der Waals surface area contributed by atoms with E-state index in [4.69, 9.17) is 0 Å². The second kappa shape index (κ2) is 13.8. The highest BCUT2D eigenvalue weighted by Crippen LogP contribution is 2.33. The van der Waals surface area contributed by atoms with Crippen molar-refractivity contribution in [1.29, 1.82) is 0 Å². The minimum Gasteiger partial charge on any atom is -0.171 e. The second-order valence-electron chi connectivity index (χ2n) is 7.81. The lowest BCUT2D eigenvalue weighted by Gasteiger charge is -2.21. The molecule has 0 aliphatic rings. The van der Waals surface area contributed by atoms with Gasteiger partial charge in [0.15, 0.2) is 0 Å². The Hall–Kier alpha value is -0.300. The summed E-state index contributed by atoms with van der Waals surface area (Å²) >= 11 is 0. The number of hydrogen-bond donors (Lipinski definition) is 0. The largest absolute Gasteiger partial charge is 0.391 e. The molecule has 0 aromatic heterocycles. The van der Waals surface area contributed by atoms with Gasteiger partial charge in [-0.2, -0.15) is 13.2 Å². The SMILES string of the molecule is C=CC(C)/C(CCC)=C(\CCCC(C)CCP)CCCC(C)C(F)(F)F. The summed E-state index contributed by atoms with van der Waals surface area (Å²) in [5, 5.41) is 0. The highest BCUT2D eigenvalue weighted by molar-refractivity contribution is 7.16. The third-order valence-electron chi connectivity index (χ3n) is 5.39. The first-order valence-corrected chi connectivity index (χ1v) is 11.1. The lowest BCUT2D eigenvalue weighted by Crippen LogP contribution is -2.19. The Morgan fingerprint density at radius 2 is 1.58 bits per heavy atom. The summed E-state index contributed by atoms with van der Waals surface area (Å²) in [6.07, 6.45) is 7.33. The van der Waals surface area contributed by atoms with Gasteiger partial charge in [0.25, 0.3) is 0 Å². The van der Waals surface area contributed by atoms with Crippen LogP contribution in [0.1, 0.15) is 85.5 Å². The van der Waals surface area contributed by atoms with Gasteiger partial charge in [0, 0.05) is 0 Å². The van der Waals surface area contributed by atoms with Crippen LogP contribution in [0.25, 0.3) is 0 Å². The van der Waals surface area contributed by atoms with Crippen molar-refractivity contribution in [2.45, 2.75) is 91.7 Å². The van der Waals surface area contributed by atoms with Gasteiger partial charge >= 0.3 is 6.18 Å². The van der Waals surface area contributed by atoms with Gasteiger partial charge < -0.3 is 0 Å². The van der Waals surface area contributed by atoms with Crippen LogP contribution in [0.4, 0.5) is 13.2 Å². The topological polar surface area (TPSA) is 0 Å². The predicted octanol–water partition coefficient (Wildman–Crippen LogP) is 8.35. The van der Waals surface area contributed by atoms with Crippen LogP contribution in [-0.2, 0) is 0 Å². The Morgan fingerprint density at radius 1 is 1.00 bits per heavy atom. The molecular weight excluding hydrogens is 352 g/mol. The smallest absolute Gasteiger partial charge is 0.171 e. The summed E-state index contributed by atoms with van der Waals surface area (Å²) in [5.74, 6) is -0.183. The molecule has 0 rings (SSSR count). The Kier molecular flexibility index (Phi) is 13.6. The van der Waals surface area contributed by atoms with Gasteiger partial charge in [0.05, 0.1) is 5.92 Å². The summed E-state index contributed by atoms with van der Waals surface area (Å²) in [7, 11) is 2.78. The molecule has 26 heavy (non-hydrogen) atoms. The second-order valence-corrected chi connectivity index (χ2v) is 8.39. The lowest BCUT2D eigenvalue weighted by atomic mass is 9.86. The van der Waals surface area contributed by atoms with Gasteiger partial charge in [-0.25, -0.2) is 0 Å². The Balaban J connectivity index is 4.99. The fourth-order valence-electron chi connectivity index (χ4n) is 3.46. The lowest BCUT2D eigenvalue weighted by molar-refractivity contribution is -0.171. The van der Waals surface area contributed by atoms with Gasteiger partial charge in [-0.1, -0.05) is 57.8 Å². The first kappa shape index (κ1) is 25.7. The van der Waals surface area contributed by atoms with Crippen molar-refractivity contribution in [3.63, 3.8) is 0 Å². The van der Waals surface area contributed by atoms with Crippen molar-refractivity contribution >= 4 is 9.24 Å². The molecule has 0 nitrogen and oxygen atoms in total. The first-order valence-electron chi connectivity index (χ1n) is 10.3. The van der Waals surface area contributed by atoms with Crippen LogP contribution in [0.15, 0.2) is 23.8 Å². The van der Waals surface area contributed by atoms with E-state index < -0.39 is 12.1 Å². The molecule has 0 aromatic rings. The van der Waals surface area contributed by atoms with E-state index in [1.807, 2.05) is 6.08 Å². The molecule has 4 unspecified atom stereocenters. The van der Waals surface area contributed by atoms with E-state index >= 15 is 0 Å². The van der Waals surface area contributed by atoms with Crippen molar-refractivity contribution in [1.82, 2.24) is 0 Å². The maximum Gasteiger partial charge on any atom is 0.391 e. The molecule has 0 saturated carbocycles. The van der Waals surface area contributed by atoms with E-state index in [2.05, 4.69) is 36.6 Å². The molecule has 4 atom stereocenters. The molecular formula is C22H40F3P. The minimum atomic E-state index is -4.07. The van der Waals surface area contributed by atoms with Crippen LogP contribution in [0.3, 0.4) is 0 Å². The van der Waals surface area contributed by atoms with E-state index in [0.29, 0.717) is 18.3 Å². The maximum atomic E-state index is 12.8. The molecule has 0 radical (unpaired) electrons. The maximum absolute atomic E-state index is 12.8. The molecule has 0 spiro atoms. The molecule has 0 aliphatic carbocycles. The minimum absolute atomic E-state index is 0.221. The number of rotatable bonds is 14. The summed E-state index contributed by atoms with van der Waals surface area (Å²) < 4.78 is 38.3. The molecule has 0 N–H and O–H groups in total. The van der Waals surface area contributed by atoms with Gasteiger partial charge in [-0.05, 0) is 62.9 Å². The fourth-order valence-corrected chi connectivity index (χ4v) is 4.03. The molecule has 0 fully saturated rings. The van der Waals surface area contributed by atoms with Crippen molar-refractivity contribution in [2.24, 2.45) is 17.8 Å². The van der Waals surface area contributed by atoms with Gasteiger partial charge in [-0.3, -0.25) is 0 Å². The monoisotopic (exact) mass is 392 g/mol. The van der Waals surface area contributed by atoms with Crippen molar-refractivity contribution in [3.05, 3.63) is 23.8 Å². The van der Waals surface area contributed by atoms with Crippen LogP contribution in [0.2, 0.25) is 0 Å². The first-order chi connectivity index (χ1) is 12.2. The van der Waals surface area contributed by atoms with Crippen LogP contribution < -0.4 is 0 Å². The summed E-state index contributed by atoms with van der Waals surface area (Å²) in [5.41, 5.74) is 2.81. The van der Waals surface area contributed by atoms with E-state index in [1.165, 1.54) is 30.9 Å². The fraction of sp³-hybridized carbons (Fsp3) is 0.818. The molecule has 154 valence electrons. The summed E-state index contributed by atoms with van der Waals surface area (Å²) in [6, 6.07) is 0. The quantitative estimate of drug-likeness (QED) is 0.206. The molecule has 0 heterocycles. The summed E-state index contributed by atoms with van der Waals surface area (Å²) in [4.78, 5) is 0. The Bertz CT molecular complexity index is 412. The van der Waals surface area contributed by atoms with E-state index in [1.54, 1.807) is 0 Å².